The standard InChI is InChI=1S/C26H27F3N4O9/c1-33(2)17-10-6-8-5-9-13(42-26(27,28)29)7-12(32-24(40)11-3-4-31-11)18(34)15(9)19(35)14(8)21(37)25(10,41)22(38)16(20(17)36)23(30)39/h7-8,10-11,17,31,34-35,38,41H,3-6H2,1-2H3,(H2,30,39)(H,32,40)/t8-,10-,11-,17-,25-/m0/s1. The lowest BCUT2D eigenvalue weighted by Gasteiger charge is -2.50. The van der Waals surface area contributed by atoms with Gasteiger partial charge in [0.1, 0.15) is 22.8 Å². The molecule has 226 valence electrons. The number of hydrogen-bond acceptors (Lipinski definition) is 11. The number of halogens is 3. The molecule has 2 amide bonds. The summed E-state index contributed by atoms with van der Waals surface area (Å²) in [6.45, 7) is 0.524. The van der Waals surface area contributed by atoms with Crippen LogP contribution in [-0.2, 0) is 25.6 Å². The first-order chi connectivity index (χ1) is 19.5. The van der Waals surface area contributed by atoms with E-state index >= 15 is 0 Å². The van der Waals surface area contributed by atoms with Gasteiger partial charge in [0.15, 0.2) is 17.1 Å². The quantitative estimate of drug-likeness (QED) is 0.180. The number of ether oxygens (including phenoxy) is 1. The number of carbonyl (C=O) groups excluding carboxylic acids is 4. The summed E-state index contributed by atoms with van der Waals surface area (Å²) in [4.78, 5) is 52.9. The van der Waals surface area contributed by atoms with Gasteiger partial charge in [-0.25, -0.2) is 0 Å². The number of alkyl halides is 3. The van der Waals surface area contributed by atoms with Gasteiger partial charge in [0.05, 0.1) is 23.3 Å². The van der Waals surface area contributed by atoms with Crippen molar-refractivity contribution in [1.29, 1.82) is 0 Å². The normalized spacial score (nSPS) is 29.0. The molecule has 1 heterocycles. The number of fused-ring (bicyclic) bond motifs is 3. The van der Waals surface area contributed by atoms with E-state index in [0.29, 0.717) is 13.0 Å². The number of aliphatic hydroxyl groups excluding tert-OH is 2. The van der Waals surface area contributed by atoms with Crippen LogP contribution in [0.15, 0.2) is 23.0 Å². The molecule has 0 aromatic heterocycles. The van der Waals surface area contributed by atoms with Crippen LogP contribution in [0.25, 0.3) is 5.76 Å². The predicted octanol–water partition coefficient (Wildman–Crippen LogP) is 0.163. The number of rotatable bonds is 5. The summed E-state index contributed by atoms with van der Waals surface area (Å²) in [5.41, 5.74) is -0.781. The van der Waals surface area contributed by atoms with E-state index < -0.39 is 111 Å². The molecule has 1 saturated heterocycles. The minimum absolute atomic E-state index is 0.330. The van der Waals surface area contributed by atoms with Gasteiger partial charge in [-0.15, -0.1) is 13.2 Å². The van der Waals surface area contributed by atoms with Crippen LogP contribution in [0, 0.1) is 11.8 Å². The summed E-state index contributed by atoms with van der Waals surface area (Å²) in [5.74, 6) is -11.0. The maximum Gasteiger partial charge on any atom is 0.573 e. The number of likely N-dealkylation sites (N-methyl/N-ethyl adjacent to an activating group) is 1. The molecule has 0 spiro atoms. The lowest BCUT2D eigenvalue weighted by molar-refractivity contribution is -0.275. The maximum atomic E-state index is 13.9. The zero-order valence-electron chi connectivity index (χ0n) is 22.2. The lowest BCUT2D eigenvalue weighted by atomic mass is 9.57. The van der Waals surface area contributed by atoms with Crippen LogP contribution < -0.4 is 21.1 Å². The molecule has 0 radical (unpaired) electrons. The van der Waals surface area contributed by atoms with Gasteiger partial charge in [0.25, 0.3) is 5.91 Å². The molecule has 1 aliphatic heterocycles. The number of aliphatic hydroxyl groups is 3. The molecule has 13 nitrogen and oxygen atoms in total. The average molecular weight is 597 g/mol. The maximum absolute atomic E-state index is 13.9. The fraction of sp³-hybridized carbons (Fsp3) is 0.462. The number of nitrogens with zero attached hydrogens (tertiary/aromatic N) is 1. The van der Waals surface area contributed by atoms with Crippen molar-refractivity contribution in [2.45, 2.75) is 43.3 Å². The zero-order chi connectivity index (χ0) is 31.0. The number of amides is 2. The lowest BCUT2D eigenvalue weighted by Crippen LogP contribution is -2.65. The fourth-order valence-corrected chi connectivity index (χ4v) is 6.32. The number of carbonyl (C=O) groups is 4. The molecule has 42 heavy (non-hydrogen) atoms. The molecule has 8 N–H and O–H groups in total. The van der Waals surface area contributed by atoms with Gasteiger partial charge in [-0.05, 0) is 45.8 Å². The van der Waals surface area contributed by atoms with E-state index in [-0.39, 0.29) is 12.0 Å². The third-order valence-electron chi connectivity index (χ3n) is 8.30. The van der Waals surface area contributed by atoms with Crippen LogP contribution in [0.1, 0.15) is 24.0 Å². The van der Waals surface area contributed by atoms with E-state index in [2.05, 4.69) is 15.4 Å². The number of hydrogen-bond donors (Lipinski definition) is 7. The van der Waals surface area contributed by atoms with Gasteiger partial charge < -0.3 is 41.5 Å². The monoisotopic (exact) mass is 596 g/mol. The SMILES string of the molecule is CN(C)[C@@H]1C(=O)C(C(N)=O)=C(O)[C@@]2(O)C(=O)C3=C(O)c4c(O)c(NC(=O)[C@@H]5CCN5)cc(OC(F)(F)F)c4C[C@H]3C[C@@H]12. The van der Waals surface area contributed by atoms with Crippen LogP contribution >= 0.6 is 0 Å². The number of nitrogens with two attached hydrogens (primary N) is 1. The predicted molar refractivity (Wildman–Crippen MR) is 136 cm³/mol. The number of primary amides is 1. The molecule has 3 aliphatic carbocycles. The molecular formula is C26H27F3N4O9. The first-order valence-electron chi connectivity index (χ1n) is 12.8. The Balaban J connectivity index is 1.70. The van der Waals surface area contributed by atoms with Crippen LogP contribution in [-0.4, -0.2) is 93.4 Å². The van der Waals surface area contributed by atoms with Crippen LogP contribution in [0.4, 0.5) is 18.9 Å². The Hall–Kier alpha value is -4.15. The highest BCUT2D eigenvalue weighted by Crippen LogP contribution is 2.55. The van der Waals surface area contributed by atoms with Gasteiger partial charge in [-0.2, -0.15) is 0 Å². The first kappa shape index (κ1) is 29.3. The summed E-state index contributed by atoms with van der Waals surface area (Å²) in [7, 11) is 2.82. The van der Waals surface area contributed by atoms with Crippen molar-refractivity contribution in [2.24, 2.45) is 17.6 Å². The summed E-state index contributed by atoms with van der Waals surface area (Å²) >= 11 is 0. The first-order valence-corrected chi connectivity index (χ1v) is 12.8. The summed E-state index contributed by atoms with van der Waals surface area (Å²) < 4.78 is 44.5. The number of ketones is 2. The Kier molecular flexibility index (Phi) is 6.78. The van der Waals surface area contributed by atoms with Crippen molar-refractivity contribution in [1.82, 2.24) is 10.2 Å². The summed E-state index contributed by atoms with van der Waals surface area (Å²) in [6, 6.07) is -1.29. The van der Waals surface area contributed by atoms with Crippen molar-refractivity contribution >= 4 is 34.8 Å². The van der Waals surface area contributed by atoms with Gasteiger partial charge in [0, 0.05) is 23.1 Å². The van der Waals surface area contributed by atoms with Crippen LogP contribution in [0.3, 0.4) is 0 Å². The van der Waals surface area contributed by atoms with Crippen molar-refractivity contribution in [3.8, 4) is 11.5 Å². The number of phenols is 1. The number of Topliss-reactive ketones (excluding diaryl/α,β-unsaturated/α-hetero) is 2. The molecule has 5 atom stereocenters. The Bertz CT molecular complexity index is 1500. The molecule has 2 fully saturated rings. The second kappa shape index (κ2) is 9.71. The smallest absolute Gasteiger partial charge is 0.508 e. The van der Waals surface area contributed by atoms with E-state index in [1.165, 1.54) is 19.0 Å². The largest absolute Gasteiger partial charge is 0.573 e. The van der Waals surface area contributed by atoms with Crippen molar-refractivity contribution < 1.29 is 57.5 Å². The van der Waals surface area contributed by atoms with Crippen LogP contribution in [0.5, 0.6) is 11.5 Å². The summed E-state index contributed by atoms with van der Waals surface area (Å²) in [6.07, 6.45) is -5.57. The zero-order valence-corrected chi connectivity index (χ0v) is 22.2. The topological polar surface area (TPSA) is 212 Å². The molecule has 16 heteroatoms. The summed E-state index contributed by atoms with van der Waals surface area (Å²) in [5, 5.41) is 49.9. The number of nitrogens with one attached hydrogen (secondary N) is 2. The second-order valence-corrected chi connectivity index (χ2v) is 10.9. The van der Waals surface area contributed by atoms with E-state index in [1.54, 1.807) is 0 Å². The van der Waals surface area contributed by atoms with Gasteiger partial charge >= 0.3 is 6.36 Å². The van der Waals surface area contributed by atoms with E-state index in [4.69, 9.17) is 5.73 Å². The third-order valence-corrected chi connectivity index (χ3v) is 8.30. The molecule has 5 rings (SSSR count). The minimum atomic E-state index is -5.22. The molecule has 1 saturated carbocycles. The molecule has 0 bridgehead atoms. The minimum Gasteiger partial charge on any atom is -0.508 e. The van der Waals surface area contributed by atoms with Crippen molar-refractivity contribution in [3.63, 3.8) is 0 Å². The molecule has 0 unspecified atom stereocenters. The molecule has 4 aliphatic rings. The molecule has 1 aromatic carbocycles. The van der Waals surface area contributed by atoms with Gasteiger partial charge in [-0.3, -0.25) is 24.1 Å². The number of anilines is 1. The Morgan fingerprint density at radius 2 is 1.86 bits per heavy atom. The number of aromatic hydroxyl groups is 1. The van der Waals surface area contributed by atoms with Gasteiger partial charge in [-0.1, -0.05) is 0 Å². The highest BCUT2D eigenvalue weighted by Gasteiger charge is 2.64. The Labute approximate surface area is 235 Å². The van der Waals surface area contributed by atoms with E-state index in [0.717, 1.165) is 6.07 Å². The van der Waals surface area contributed by atoms with E-state index in [9.17, 15) is 52.8 Å². The molecule has 1 aromatic rings. The number of phenolic OH excluding ortho intramolecular Hbond substituents is 1. The second-order valence-electron chi connectivity index (χ2n) is 10.9. The van der Waals surface area contributed by atoms with Crippen molar-refractivity contribution in [3.05, 3.63) is 34.1 Å². The third kappa shape index (κ3) is 4.28. The Morgan fingerprint density at radius 1 is 1.21 bits per heavy atom. The van der Waals surface area contributed by atoms with Gasteiger partial charge in [0.2, 0.25) is 11.7 Å². The number of benzene rings is 1. The highest BCUT2D eigenvalue weighted by atomic mass is 19.4. The average Bonchev–Trinajstić information content (AvgIpc) is 2.81. The Morgan fingerprint density at radius 3 is 2.38 bits per heavy atom. The van der Waals surface area contributed by atoms with E-state index in [1.807, 2.05) is 0 Å². The van der Waals surface area contributed by atoms with Crippen LogP contribution in [0.2, 0.25) is 0 Å². The fourth-order valence-electron chi connectivity index (χ4n) is 6.32. The molecular weight excluding hydrogens is 569 g/mol. The van der Waals surface area contributed by atoms with Crippen molar-refractivity contribution in [2.75, 3.05) is 26.0 Å². The highest BCUT2D eigenvalue weighted by molar-refractivity contribution is 6.24.